The van der Waals surface area contributed by atoms with Crippen LogP contribution in [0, 0.1) is 10.7 Å². The van der Waals surface area contributed by atoms with Crippen LogP contribution in [0.5, 0.6) is 0 Å². The van der Waals surface area contributed by atoms with Crippen LogP contribution in [-0.2, 0) is 24.4 Å². The van der Waals surface area contributed by atoms with Crippen molar-refractivity contribution < 1.29 is 4.79 Å². The van der Waals surface area contributed by atoms with Gasteiger partial charge in [-0.2, -0.15) is 5.10 Å². The molecule has 1 amide bonds. The molecule has 0 saturated carbocycles. The van der Waals surface area contributed by atoms with E-state index in [-0.39, 0.29) is 12.3 Å². The Labute approximate surface area is 170 Å². The summed E-state index contributed by atoms with van der Waals surface area (Å²) in [5.41, 5.74) is 5.32. The molecule has 0 spiro atoms. The lowest BCUT2D eigenvalue weighted by atomic mass is 10.2. The molecule has 3 rings (SSSR count). The van der Waals surface area contributed by atoms with Crippen molar-refractivity contribution in [3.05, 3.63) is 35.0 Å². The van der Waals surface area contributed by atoms with Gasteiger partial charge in [-0.05, 0) is 30.3 Å². The fourth-order valence-corrected chi connectivity index (χ4v) is 3.67. The van der Waals surface area contributed by atoms with Gasteiger partial charge in [0.25, 0.3) is 0 Å². The van der Waals surface area contributed by atoms with Gasteiger partial charge in [-0.1, -0.05) is 19.9 Å². The second kappa shape index (κ2) is 9.29. The summed E-state index contributed by atoms with van der Waals surface area (Å²) in [6, 6.07) is 6.00. The maximum absolute atomic E-state index is 11.2. The number of hydrogen-bond acceptors (Lipinski definition) is 6. The van der Waals surface area contributed by atoms with E-state index in [0.717, 1.165) is 44.4 Å². The van der Waals surface area contributed by atoms with Crippen molar-refractivity contribution in [2.45, 2.75) is 39.9 Å². The van der Waals surface area contributed by atoms with E-state index in [1.807, 2.05) is 33.6 Å². The molecule has 1 fully saturated rings. The summed E-state index contributed by atoms with van der Waals surface area (Å²) in [6.07, 6.45) is 2.63. The van der Waals surface area contributed by atoms with E-state index in [2.05, 4.69) is 28.6 Å². The van der Waals surface area contributed by atoms with E-state index >= 15 is 0 Å². The first-order valence-corrected chi connectivity index (χ1v) is 10.2. The zero-order valence-electron chi connectivity index (χ0n) is 16.6. The third-order valence-corrected chi connectivity index (χ3v) is 5.25. The quantitative estimate of drug-likeness (QED) is 0.675. The van der Waals surface area contributed by atoms with Crippen LogP contribution in [0.4, 0.5) is 5.82 Å². The van der Waals surface area contributed by atoms with Gasteiger partial charge >= 0.3 is 0 Å². The number of pyridine rings is 1. The van der Waals surface area contributed by atoms with Crippen LogP contribution in [-0.4, -0.2) is 56.3 Å². The van der Waals surface area contributed by atoms with Gasteiger partial charge in [0, 0.05) is 51.8 Å². The molecule has 1 saturated heterocycles. The zero-order valence-corrected chi connectivity index (χ0v) is 17.4. The molecular formula is C19H29N7OS. The fourth-order valence-electron chi connectivity index (χ4n) is 3.40. The standard InChI is InChI=1S/C19H29N7OS/c1-15(2)13-25-18(7-6-16(20)27)22-26(19(25)28)14-23-9-11-24(12-10-23)17-5-3-4-8-21-17/h3-5,8,15H,6-7,9-14H2,1-2H3,(H2,20,27). The molecule has 2 aromatic heterocycles. The summed E-state index contributed by atoms with van der Waals surface area (Å²) in [4.78, 5) is 20.3. The topological polar surface area (TPSA) is 85.2 Å². The van der Waals surface area contributed by atoms with Crippen LogP contribution in [0.15, 0.2) is 24.4 Å². The molecule has 0 aliphatic carbocycles. The van der Waals surface area contributed by atoms with E-state index in [9.17, 15) is 4.79 Å². The summed E-state index contributed by atoms with van der Waals surface area (Å²) in [7, 11) is 0. The van der Waals surface area contributed by atoms with Gasteiger partial charge in [0.2, 0.25) is 5.91 Å². The summed E-state index contributed by atoms with van der Waals surface area (Å²) >= 11 is 5.68. The number of rotatable bonds is 8. The number of aromatic nitrogens is 4. The van der Waals surface area contributed by atoms with Gasteiger partial charge < -0.3 is 15.2 Å². The summed E-state index contributed by atoms with van der Waals surface area (Å²) in [5.74, 6) is 1.99. The smallest absolute Gasteiger partial charge is 0.217 e. The Balaban J connectivity index is 1.67. The summed E-state index contributed by atoms with van der Waals surface area (Å²) in [6.45, 7) is 9.43. The number of anilines is 1. The van der Waals surface area contributed by atoms with Gasteiger partial charge in [0.15, 0.2) is 4.77 Å². The maximum atomic E-state index is 11.2. The number of piperazine rings is 1. The first-order valence-electron chi connectivity index (χ1n) is 9.77. The first-order chi connectivity index (χ1) is 13.4. The van der Waals surface area contributed by atoms with E-state index in [1.165, 1.54) is 0 Å². The van der Waals surface area contributed by atoms with Crippen LogP contribution in [0.25, 0.3) is 0 Å². The van der Waals surface area contributed by atoms with E-state index in [4.69, 9.17) is 23.1 Å². The minimum absolute atomic E-state index is 0.284. The van der Waals surface area contributed by atoms with Crippen molar-refractivity contribution in [2.75, 3.05) is 31.1 Å². The zero-order chi connectivity index (χ0) is 20.1. The highest BCUT2D eigenvalue weighted by atomic mass is 32.1. The van der Waals surface area contributed by atoms with Crippen molar-refractivity contribution >= 4 is 23.9 Å². The molecule has 152 valence electrons. The van der Waals surface area contributed by atoms with E-state index in [0.29, 0.717) is 23.8 Å². The molecule has 0 unspecified atom stereocenters. The average Bonchev–Trinajstić information content (AvgIpc) is 2.96. The third-order valence-electron chi connectivity index (χ3n) is 4.82. The minimum Gasteiger partial charge on any atom is -0.370 e. The highest BCUT2D eigenvalue weighted by Crippen LogP contribution is 2.14. The van der Waals surface area contributed by atoms with Gasteiger partial charge in [0.05, 0.1) is 6.67 Å². The molecule has 9 heteroatoms. The maximum Gasteiger partial charge on any atom is 0.217 e. The monoisotopic (exact) mass is 403 g/mol. The number of nitrogens with zero attached hydrogens (tertiary/aromatic N) is 6. The van der Waals surface area contributed by atoms with Crippen molar-refractivity contribution in [3.63, 3.8) is 0 Å². The molecule has 0 aromatic carbocycles. The Morgan fingerprint density at radius 2 is 2.00 bits per heavy atom. The number of primary amides is 1. The Morgan fingerprint density at radius 1 is 1.25 bits per heavy atom. The second-order valence-electron chi connectivity index (χ2n) is 7.60. The van der Waals surface area contributed by atoms with Crippen molar-refractivity contribution in [1.29, 1.82) is 0 Å². The Morgan fingerprint density at radius 3 is 2.61 bits per heavy atom. The van der Waals surface area contributed by atoms with E-state index < -0.39 is 0 Å². The molecule has 2 N–H and O–H groups in total. The van der Waals surface area contributed by atoms with Crippen LogP contribution in [0.3, 0.4) is 0 Å². The van der Waals surface area contributed by atoms with Crippen LogP contribution in [0.1, 0.15) is 26.1 Å². The molecule has 8 nitrogen and oxygen atoms in total. The summed E-state index contributed by atoms with van der Waals surface area (Å²) in [5, 5.41) is 4.71. The van der Waals surface area contributed by atoms with E-state index in [1.54, 1.807) is 0 Å². The third kappa shape index (κ3) is 5.17. The van der Waals surface area contributed by atoms with Crippen LogP contribution < -0.4 is 10.6 Å². The molecule has 0 radical (unpaired) electrons. The van der Waals surface area contributed by atoms with Gasteiger partial charge in [-0.15, -0.1) is 0 Å². The fraction of sp³-hybridized carbons (Fsp3) is 0.579. The predicted octanol–water partition coefficient (Wildman–Crippen LogP) is 1.66. The lowest BCUT2D eigenvalue weighted by Crippen LogP contribution is -2.47. The number of nitrogens with two attached hydrogens (primary N) is 1. The average molecular weight is 404 g/mol. The van der Waals surface area contributed by atoms with Gasteiger partial charge in [-0.25, -0.2) is 9.67 Å². The Hall–Kier alpha value is -2.26. The molecule has 1 aliphatic rings. The number of carbonyl (C=O) groups is 1. The van der Waals surface area contributed by atoms with Crippen molar-refractivity contribution in [3.8, 4) is 0 Å². The first kappa shape index (κ1) is 20.5. The number of amides is 1. The Kier molecular flexibility index (Phi) is 6.79. The molecule has 0 bridgehead atoms. The molecule has 28 heavy (non-hydrogen) atoms. The molecule has 3 heterocycles. The highest BCUT2D eigenvalue weighted by molar-refractivity contribution is 7.71. The Bertz CT molecular complexity index is 838. The normalized spacial score (nSPS) is 15.3. The molecular weight excluding hydrogens is 374 g/mol. The highest BCUT2D eigenvalue weighted by Gasteiger charge is 2.20. The number of hydrogen-bond donors (Lipinski definition) is 1. The van der Waals surface area contributed by atoms with Gasteiger partial charge in [-0.3, -0.25) is 9.69 Å². The second-order valence-corrected chi connectivity index (χ2v) is 7.97. The molecule has 2 aromatic rings. The molecule has 0 atom stereocenters. The van der Waals surface area contributed by atoms with Crippen LogP contribution in [0.2, 0.25) is 0 Å². The lowest BCUT2D eigenvalue weighted by molar-refractivity contribution is -0.118. The SMILES string of the molecule is CC(C)Cn1c(CCC(N)=O)nn(CN2CCN(c3ccccn3)CC2)c1=S. The number of aryl methyl sites for hydroxylation is 1. The van der Waals surface area contributed by atoms with Gasteiger partial charge in [0.1, 0.15) is 11.6 Å². The lowest BCUT2D eigenvalue weighted by Gasteiger charge is -2.35. The van der Waals surface area contributed by atoms with Crippen LogP contribution >= 0.6 is 12.2 Å². The van der Waals surface area contributed by atoms with Crippen molar-refractivity contribution in [2.24, 2.45) is 11.7 Å². The minimum atomic E-state index is -0.317. The predicted molar refractivity (Wildman–Crippen MR) is 111 cm³/mol. The summed E-state index contributed by atoms with van der Waals surface area (Å²) < 4.78 is 4.64. The largest absolute Gasteiger partial charge is 0.370 e. The number of carbonyl (C=O) groups excluding carboxylic acids is 1. The molecule has 1 aliphatic heterocycles. The van der Waals surface area contributed by atoms with Crippen molar-refractivity contribution in [1.82, 2.24) is 24.2 Å².